The second-order valence-corrected chi connectivity index (χ2v) is 9.27. The van der Waals surface area contributed by atoms with Gasteiger partial charge in [-0.1, -0.05) is 42.1 Å². The molecule has 0 amide bonds. The Morgan fingerprint density at radius 1 is 1.03 bits per heavy atom. The van der Waals surface area contributed by atoms with Gasteiger partial charge in [0.25, 0.3) is 0 Å². The summed E-state index contributed by atoms with van der Waals surface area (Å²) in [6.07, 6.45) is 4.03. The number of aromatic amines is 1. The Balaban J connectivity index is 1.41. The number of rotatable bonds is 9. The third-order valence-electron chi connectivity index (χ3n) is 5.48. The van der Waals surface area contributed by atoms with E-state index in [4.69, 9.17) is 27.9 Å². The number of nitrogens with one attached hydrogen (secondary N) is 1. The van der Waals surface area contributed by atoms with E-state index < -0.39 is 0 Å². The number of methoxy groups -OCH3 is 1. The van der Waals surface area contributed by atoms with Gasteiger partial charge in [0.15, 0.2) is 11.6 Å². The van der Waals surface area contributed by atoms with Crippen LogP contribution in [0.3, 0.4) is 0 Å². The zero-order valence-corrected chi connectivity index (χ0v) is 21.5. The molecule has 5 aromatic rings. The van der Waals surface area contributed by atoms with Crippen molar-refractivity contribution in [1.29, 1.82) is 0 Å². The number of aromatic nitrogens is 7. The number of nitrogen functional groups attached to an aromatic ring is 1. The number of hydrogen-bond acceptors (Lipinski definition) is 9. The fourth-order valence-electron chi connectivity index (χ4n) is 3.62. The van der Waals surface area contributed by atoms with Crippen LogP contribution in [-0.4, -0.2) is 53.3 Å². The Kier molecular flexibility index (Phi) is 7.38. The molecule has 0 aliphatic heterocycles. The molecule has 0 atom stereocenters. The topological polar surface area (TPSA) is 125 Å². The van der Waals surface area contributed by atoms with Crippen molar-refractivity contribution < 1.29 is 4.74 Å². The fourth-order valence-corrected chi connectivity index (χ4v) is 4.60. The van der Waals surface area contributed by atoms with Crippen molar-refractivity contribution >= 4 is 29.7 Å². The van der Waals surface area contributed by atoms with Crippen molar-refractivity contribution in [2.24, 2.45) is 5.10 Å². The van der Waals surface area contributed by atoms with Crippen molar-refractivity contribution in [3.63, 3.8) is 0 Å². The highest BCUT2D eigenvalue weighted by atomic mass is 32.2. The van der Waals surface area contributed by atoms with E-state index in [-0.39, 0.29) is 0 Å². The van der Waals surface area contributed by atoms with Gasteiger partial charge >= 0.3 is 0 Å². The van der Waals surface area contributed by atoms with Crippen LogP contribution in [-0.2, 0) is 0 Å². The van der Waals surface area contributed by atoms with E-state index in [2.05, 4.69) is 25.4 Å². The average Bonchev–Trinajstić information content (AvgIpc) is 3.50. The SMILES string of the molecule is COc1ccc(-c2n[nH]c(=S)n2/N=C(\CCSc2nnc(-c3cccnc3)n2N)c2ccccc2)cc1. The smallest absolute Gasteiger partial charge is 0.216 e. The molecule has 0 unspecified atom stereocenters. The maximum absolute atomic E-state index is 6.27. The summed E-state index contributed by atoms with van der Waals surface area (Å²) in [4.78, 5) is 4.13. The molecule has 0 aliphatic rings. The molecule has 0 saturated heterocycles. The van der Waals surface area contributed by atoms with E-state index in [1.54, 1.807) is 24.2 Å². The van der Waals surface area contributed by atoms with Crippen LogP contribution in [0.15, 0.2) is 89.4 Å². The molecule has 3 heterocycles. The minimum atomic E-state index is 0.398. The first kappa shape index (κ1) is 24.4. The normalized spacial score (nSPS) is 11.5. The Morgan fingerprint density at radius 2 is 1.84 bits per heavy atom. The van der Waals surface area contributed by atoms with Crippen LogP contribution in [0.1, 0.15) is 12.0 Å². The summed E-state index contributed by atoms with van der Waals surface area (Å²) < 4.78 is 8.80. The number of nitrogens with two attached hydrogens (primary N) is 1. The Hall–Kier alpha value is -4.29. The maximum atomic E-state index is 6.27. The van der Waals surface area contributed by atoms with Crippen molar-refractivity contribution in [3.05, 3.63) is 89.5 Å². The summed E-state index contributed by atoms with van der Waals surface area (Å²) in [5.41, 5.74) is 3.49. The number of ether oxygens (including phenoxy) is 1. The molecule has 3 N–H and O–H groups in total. The first-order chi connectivity index (χ1) is 18.1. The summed E-state index contributed by atoms with van der Waals surface area (Å²) in [5, 5.41) is 21.3. The summed E-state index contributed by atoms with van der Waals surface area (Å²) in [6, 6.07) is 21.3. The van der Waals surface area contributed by atoms with Crippen LogP contribution in [0.2, 0.25) is 0 Å². The van der Waals surface area contributed by atoms with Crippen LogP contribution in [0.4, 0.5) is 0 Å². The minimum Gasteiger partial charge on any atom is -0.497 e. The standard InChI is InChI=1S/C25H23N9OS2/c1-35-20-11-9-18(10-12-20)23-29-30-24(36)34(23)32-21(17-6-3-2-4-7-17)13-15-37-25-31-28-22(33(25)26)19-8-5-14-27-16-19/h2-12,14,16H,13,15,26H2,1H3,(H,30,36)/b32-21+. The Bertz CT molecular complexity index is 1560. The molecule has 12 heteroatoms. The van der Waals surface area contributed by atoms with Gasteiger partial charge in [-0.15, -0.1) is 10.2 Å². The van der Waals surface area contributed by atoms with Gasteiger partial charge in [0.1, 0.15) is 5.75 Å². The largest absolute Gasteiger partial charge is 0.497 e. The zero-order valence-electron chi connectivity index (χ0n) is 19.9. The second-order valence-electron chi connectivity index (χ2n) is 7.82. The van der Waals surface area contributed by atoms with Crippen molar-refractivity contribution in [2.75, 3.05) is 18.7 Å². The van der Waals surface area contributed by atoms with E-state index >= 15 is 0 Å². The van der Waals surface area contributed by atoms with Gasteiger partial charge < -0.3 is 10.6 Å². The van der Waals surface area contributed by atoms with Gasteiger partial charge in [-0.05, 0) is 54.2 Å². The summed E-state index contributed by atoms with van der Waals surface area (Å²) in [6.45, 7) is 0. The van der Waals surface area contributed by atoms with Gasteiger partial charge in [0.05, 0.1) is 12.8 Å². The highest BCUT2D eigenvalue weighted by Gasteiger charge is 2.15. The third kappa shape index (κ3) is 5.44. The van der Waals surface area contributed by atoms with Crippen molar-refractivity contribution in [2.45, 2.75) is 11.6 Å². The van der Waals surface area contributed by atoms with Gasteiger partial charge in [0, 0.05) is 35.7 Å². The predicted molar refractivity (Wildman–Crippen MR) is 147 cm³/mol. The van der Waals surface area contributed by atoms with Crippen LogP contribution < -0.4 is 10.6 Å². The molecule has 5 rings (SSSR count). The molecule has 0 aliphatic carbocycles. The third-order valence-corrected chi connectivity index (χ3v) is 6.69. The molecule has 0 saturated carbocycles. The number of nitrogens with zero attached hydrogens (tertiary/aromatic N) is 7. The van der Waals surface area contributed by atoms with Crippen molar-refractivity contribution in [3.8, 4) is 28.5 Å². The molecule has 10 nitrogen and oxygen atoms in total. The van der Waals surface area contributed by atoms with E-state index in [9.17, 15) is 0 Å². The minimum absolute atomic E-state index is 0.398. The number of thioether (sulfide) groups is 1. The lowest BCUT2D eigenvalue weighted by Crippen LogP contribution is -2.12. The molecule has 0 fully saturated rings. The Labute approximate surface area is 222 Å². The summed E-state index contributed by atoms with van der Waals surface area (Å²) >= 11 is 7.01. The molecule has 37 heavy (non-hydrogen) atoms. The number of H-pyrrole nitrogens is 1. The van der Waals surface area contributed by atoms with Crippen LogP contribution in [0.5, 0.6) is 5.75 Å². The molecule has 0 spiro atoms. The number of benzene rings is 2. The van der Waals surface area contributed by atoms with Crippen molar-refractivity contribution in [1.82, 2.24) is 34.7 Å². The number of pyridine rings is 1. The molecule has 0 radical (unpaired) electrons. The van der Waals surface area contributed by atoms with Gasteiger partial charge in [-0.25, -0.2) is 9.77 Å². The van der Waals surface area contributed by atoms with E-state index in [1.807, 2.05) is 66.7 Å². The summed E-state index contributed by atoms with van der Waals surface area (Å²) in [5.74, 6) is 8.86. The van der Waals surface area contributed by atoms with Gasteiger partial charge in [0.2, 0.25) is 9.93 Å². The molecule has 186 valence electrons. The van der Waals surface area contributed by atoms with Crippen LogP contribution in [0.25, 0.3) is 22.8 Å². The van der Waals surface area contributed by atoms with E-state index in [0.717, 1.165) is 28.2 Å². The first-order valence-electron chi connectivity index (χ1n) is 11.3. The van der Waals surface area contributed by atoms with Gasteiger partial charge in [-0.2, -0.15) is 14.9 Å². The van der Waals surface area contributed by atoms with E-state index in [1.165, 1.54) is 16.4 Å². The number of hydrogen-bond donors (Lipinski definition) is 2. The van der Waals surface area contributed by atoms with Crippen LogP contribution in [0, 0.1) is 4.77 Å². The quantitative estimate of drug-likeness (QED) is 0.124. The molecule has 3 aromatic heterocycles. The lowest BCUT2D eigenvalue weighted by atomic mass is 10.1. The monoisotopic (exact) mass is 529 g/mol. The molecular weight excluding hydrogens is 506 g/mol. The van der Waals surface area contributed by atoms with E-state index in [0.29, 0.717) is 33.7 Å². The maximum Gasteiger partial charge on any atom is 0.216 e. The highest BCUT2D eigenvalue weighted by Crippen LogP contribution is 2.24. The fraction of sp³-hybridized carbons (Fsp3) is 0.120. The Morgan fingerprint density at radius 3 is 2.57 bits per heavy atom. The zero-order chi connectivity index (χ0) is 25.6. The lowest BCUT2D eigenvalue weighted by Gasteiger charge is -2.09. The van der Waals surface area contributed by atoms with Crippen LogP contribution >= 0.6 is 24.0 Å². The molecule has 0 bridgehead atoms. The summed E-state index contributed by atoms with van der Waals surface area (Å²) in [7, 11) is 1.63. The predicted octanol–water partition coefficient (Wildman–Crippen LogP) is 4.42. The second kappa shape index (κ2) is 11.2. The highest BCUT2D eigenvalue weighted by molar-refractivity contribution is 7.99. The molecule has 2 aromatic carbocycles. The molecular formula is C25H23N9OS2. The average molecular weight is 530 g/mol. The lowest BCUT2D eigenvalue weighted by molar-refractivity contribution is 0.415. The first-order valence-corrected chi connectivity index (χ1v) is 12.7. The van der Waals surface area contributed by atoms with Gasteiger partial charge in [-0.3, -0.25) is 4.98 Å².